The van der Waals surface area contributed by atoms with Crippen molar-refractivity contribution < 1.29 is 49.7 Å². The Morgan fingerprint density at radius 1 is 0.760 bits per heavy atom. The number of anilines is 2. The third-order valence-electron chi connectivity index (χ3n) is 3.44. The van der Waals surface area contributed by atoms with E-state index in [1.807, 2.05) is 0 Å². The van der Waals surface area contributed by atoms with Gasteiger partial charge in [0.05, 0.1) is 0 Å². The molecule has 0 aromatic heterocycles. The van der Waals surface area contributed by atoms with Crippen molar-refractivity contribution in [3.63, 3.8) is 0 Å². The zero-order valence-corrected chi connectivity index (χ0v) is 12.1. The van der Waals surface area contributed by atoms with Gasteiger partial charge in [-0.05, 0) is 19.1 Å². The summed E-state index contributed by atoms with van der Waals surface area (Å²) in [5, 5.41) is 19.0. The Morgan fingerprint density at radius 3 is 1.48 bits per heavy atom. The Morgan fingerprint density at radius 2 is 1.16 bits per heavy atom. The van der Waals surface area contributed by atoms with Crippen molar-refractivity contribution >= 4 is 11.4 Å². The first kappa shape index (κ1) is 21.2. The van der Waals surface area contributed by atoms with Crippen molar-refractivity contribution in [1.82, 2.24) is 0 Å². The van der Waals surface area contributed by atoms with E-state index < -0.39 is 52.2 Å². The van der Waals surface area contributed by atoms with E-state index in [2.05, 4.69) is 0 Å². The van der Waals surface area contributed by atoms with Crippen LogP contribution in [-0.2, 0) is 11.2 Å². The fraction of sp³-hybridized carbons (Fsp3) is 0.500. The molecule has 1 atom stereocenters. The Balaban J connectivity index is 4.06. The second-order valence-corrected chi connectivity index (χ2v) is 5.31. The lowest BCUT2D eigenvalue weighted by Gasteiger charge is -2.38. The summed E-state index contributed by atoms with van der Waals surface area (Å²) in [6.45, 7) is -0.106. The van der Waals surface area contributed by atoms with Gasteiger partial charge in [-0.3, -0.25) is 0 Å². The maximum absolute atomic E-state index is 13.0. The van der Waals surface area contributed by atoms with Crippen LogP contribution in [0.3, 0.4) is 0 Å². The second-order valence-electron chi connectivity index (χ2n) is 5.31. The molecule has 0 saturated carbocycles. The molecule has 0 saturated heterocycles. The van der Waals surface area contributed by atoms with Gasteiger partial charge in [-0.2, -0.15) is 39.5 Å². The summed E-state index contributed by atoms with van der Waals surface area (Å²) in [4.78, 5) is 0. The first-order valence-corrected chi connectivity index (χ1v) is 6.13. The Labute approximate surface area is 133 Å². The maximum atomic E-state index is 13.0. The predicted octanol–water partition coefficient (Wildman–Crippen LogP) is 2.93. The summed E-state index contributed by atoms with van der Waals surface area (Å²) in [5.74, 6) is 0. The number of nitrogen functional groups attached to an aromatic ring is 2. The first-order chi connectivity index (χ1) is 10.8. The highest BCUT2D eigenvalue weighted by Crippen LogP contribution is 2.55. The maximum Gasteiger partial charge on any atom is 0.430 e. The number of hydrogen-bond donors (Lipinski definition) is 4. The number of benzene rings is 1. The molecule has 0 fully saturated rings. The van der Waals surface area contributed by atoms with Gasteiger partial charge in [0.2, 0.25) is 0 Å². The third-order valence-corrected chi connectivity index (χ3v) is 3.44. The van der Waals surface area contributed by atoms with E-state index in [4.69, 9.17) is 11.5 Å². The largest absolute Gasteiger partial charge is 0.430 e. The molecule has 144 valence electrons. The summed E-state index contributed by atoms with van der Waals surface area (Å²) < 4.78 is 117. The molecule has 13 heteroatoms. The molecule has 1 aromatic carbocycles. The van der Waals surface area contributed by atoms with E-state index in [1.165, 1.54) is 0 Å². The zero-order chi connectivity index (χ0) is 20.2. The number of hydrogen-bond acceptors (Lipinski definition) is 4. The van der Waals surface area contributed by atoms with Crippen molar-refractivity contribution in [1.29, 1.82) is 0 Å². The molecule has 1 unspecified atom stereocenters. The molecule has 0 aliphatic carbocycles. The molecule has 1 aromatic rings. The van der Waals surface area contributed by atoms with E-state index in [-0.39, 0.29) is 13.0 Å². The van der Waals surface area contributed by atoms with Crippen LogP contribution in [0.5, 0.6) is 0 Å². The first-order valence-electron chi connectivity index (χ1n) is 6.13. The van der Waals surface area contributed by atoms with E-state index in [0.29, 0.717) is 6.07 Å². The number of halogens is 9. The van der Waals surface area contributed by atoms with Crippen LogP contribution in [0.1, 0.15) is 18.1 Å². The van der Waals surface area contributed by atoms with Gasteiger partial charge in [-0.1, -0.05) is 0 Å². The van der Waals surface area contributed by atoms with Crippen LogP contribution < -0.4 is 11.5 Å². The van der Waals surface area contributed by atoms with Gasteiger partial charge in [0, 0.05) is 22.5 Å². The van der Waals surface area contributed by atoms with Crippen LogP contribution in [0.15, 0.2) is 12.1 Å². The molecule has 0 radical (unpaired) electrons. The predicted molar refractivity (Wildman–Crippen MR) is 66.9 cm³/mol. The monoisotopic (exact) mass is 386 g/mol. The fourth-order valence-electron chi connectivity index (χ4n) is 2.12. The average molecular weight is 386 g/mol. The van der Waals surface area contributed by atoms with Crippen molar-refractivity contribution in [3.8, 4) is 0 Å². The van der Waals surface area contributed by atoms with Crippen LogP contribution in [0.2, 0.25) is 0 Å². The van der Waals surface area contributed by atoms with Crippen LogP contribution >= 0.6 is 0 Å². The molecule has 1 rings (SSSR count). The molecule has 6 N–H and O–H groups in total. The second kappa shape index (κ2) is 5.56. The number of alkyl halides is 9. The number of rotatable bonds is 2. The van der Waals surface area contributed by atoms with Gasteiger partial charge in [0.25, 0.3) is 5.60 Å². The topological polar surface area (TPSA) is 92.5 Å². The minimum absolute atomic E-state index is 0.106. The van der Waals surface area contributed by atoms with Crippen LogP contribution in [-0.4, -0.2) is 28.7 Å². The van der Waals surface area contributed by atoms with Gasteiger partial charge in [-0.15, -0.1) is 0 Å². The lowest BCUT2D eigenvalue weighted by Crippen LogP contribution is -2.56. The molecular formula is C12H11F9N2O2. The van der Waals surface area contributed by atoms with Crippen LogP contribution in [0, 0.1) is 0 Å². The quantitative estimate of drug-likeness (QED) is 0.465. The molecule has 0 aliphatic rings. The van der Waals surface area contributed by atoms with Gasteiger partial charge >= 0.3 is 18.5 Å². The van der Waals surface area contributed by atoms with Gasteiger partial charge in [-0.25, -0.2) is 0 Å². The molecule has 0 amide bonds. The minimum Gasteiger partial charge on any atom is -0.399 e. The Bertz CT molecular complexity index is 648. The number of aliphatic hydroxyl groups is 2. The summed E-state index contributed by atoms with van der Waals surface area (Å²) >= 11 is 0. The van der Waals surface area contributed by atoms with Gasteiger partial charge in [0.15, 0.2) is 5.60 Å². The average Bonchev–Trinajstić information content (AvgIpc) is 2.31. The molecule has 0 bridgehead atoms. The van der Waals surface area contributed by atoms with Gasteiger partial charge < -0.3 is 21.7 Å². The SMILES string of the molecule is CC(O)(c1c(N)cc(N)cc1C(O)(C(F)(F)F)C(F)(F)F)C(F)(F)F. The zero-order valence-electron chi connectivity index (χ0n) is 12.1. The highest BCUT2D eigenvalue weighted by molar-refractivity contribution is 5.64. The standard InChI is InChI=1S/C12H11F9N2O2/c1-8(24,10(13,14)15)7-5(2-4(22)3-6(7)23)9(25,11(16,17)18)12(19,20)21/h2-3,24-25H,22-23H2,1H3. The van der Waals surface area contributed by atoms with Crippen LogP contribution in [0.25, 0.3) is 0 Å². The molecule has 0 aliphatic heterocycles. The lowest BCUT2D eigenvalue weighted by atomic mass is 9.80. The Hall–Kier alpha value is -1.89. The summed E-state index contributed by atoms with van der Waals surface area (Å²) in [6.07, 6.45) is -18.7. The van der Waals surface area contributed by atoms with E-state index in [0.717, 1.165) is 0 Å². The smallest absolute Gasteiger partial charge is 0.399 e. The summed E-state index contributed by atoms with van der Waals surface area (Å²) in [7, 11) is 0. The van der Waals surface area contributed by atoms with Gasteiger partial charge in [0.1, 0.15) is 0 Å². The summed E-state index contributed by atoms with van der Waals surface area (Å²) in [6, 6.07) is 0.249. The van der Waals surface area contributed by atoms with E-state index in [1.54, 1.807) is 0 Å². The van der Waals surface area contributed by atoms with Crippen molar-refractivity contribution in [3.05, 3.63) is 23.3 Å². The fourth-order valence-corrected chi connectivity index (χ4v) is 2.12. The highest BCUT2D eigenvalue weighted by Gasteiger charge is 2.73. The minimum atomic E-state index is -6.50. The lowest BCUT2D eigenvalue weighted by molar-refractivity contribution is -0.377. The molecule has 4 nitrogen and oxygen atoms in total. The van der Waals surface area contributed by atoms with Crippen LogP contribution in [0.4, 0.5) is 50.9 Å². The van der Waals surface area contributed by atoms with E-state index >= 15 is 0 Å². The number of nitrogens with two attached hydrogens (primary N) is 2. The molecule has 25 heavy (non-hydrogen) atoms. The Kier molecular flexibility index (Phi) is 4.70. The molecular weight excluding hydrogens is 375 g/mol. The van der Waals surface area contributed by atoms with Crippen molar-refractivity contribution in [2.45, 2.75) is 36.7 Å². The molecule has 0 spiro atoms. The molecule has 0 heterocycles. The third kappa shape index (κ3) is 3.17. The normalized spacial score (nSPS) is 16.6. The van der Waals surface area contributed by atoms with Crippen molar-refractivity contribution in [2.24, 2.45) is 0 Å². The van der Waals surface area contributed by atoms with Crippen molar-refractivity contribution in [2.75, 3.05) is 11.5 Å². The van der Waals surface area contributed by atoms with E-state index in [9.17, 15) is 49.7 Å². The summed E-state index contributed by atoms with van der Waals surface area (Å²) in [5.41, 5.74) is -6.40. The highest BCUT2D eigenvalue weighted by atomic mass is 19.4.